The van der Waals surface area contributed by atoms with Gasteiger partial charge in [-0.25, -0.2) is 0 Å². The van der Waals surface area contributed by atoms with E-state index in [2.05, 4.69) is 21.2 Å². The zero-order valence-corrected chi connectivity index (χ0v) is 14.3. The van der Waals surface area contributed by atoms with Gasteiger partial charge in [-0.05, 0) is 35.3 Å². The van der Waals surface area contributed by atoms with Crippen LogP contribution < -0.4 is 10.1 Å². The van der Waals surface area contributed by atoms with Gasteiger partial charge in [0.15, 0.2) is 0 Å². The minimum absolute atomic E-state index is 0.217. The Hall–Kier alpha value is -0.800. The maximum Gasteiger partial charge on any atom is 0.401 e. The first-order chi connectivity index (χ1) is 10.3. The molecule has 0 bridgehead atoms. The van der Waals surface area contributed by atoms with Crippen LogP contribution in [0.15, 0.2) is 9.85 Å². The van der Waals surface area contributed by atoms with Gasteiger partial charge in [0.1, 0.15) is 9.54 Å². The molecule has 2 rings (SSSR count). The van der Waals surface area contributed by atoms with E-state index in [1.165, 1.54) is 23.3 Å². The monoisotopic (exact) mass is 400 g/mol. The standard InChI is InChI=1S/C13H16BrF3N2O2S/c1-21-9-5-10(22-11(9)14)12(20)18-8-3-2-4-19(6-8)7-13(15,16)17/h5,8H,2-4,6-7H2,1H3,(H,18,20)/t8-/m0/s1. The van der Waals surface area contributed by atoms with Crippen LogP contribution in [0, 0.1) is 0 Å². The number of methoxy groups -OCH3 is 1. The molecule has 1 aromatic rings. The Morgan fingerprint density at radius 2 is 2.32 bits per heavy atom. The molecule has 0 aliphatic carbocycles. The number of piperidine rings is 1. The summed E-state index contributed by atoms with van der Waals surface area (Å²) in [6.45, 7) is -0.309. The molecule has 1 aliphatic rings. The van der Waals surface area contributed by atoms with Gasteiger partial charge in [-0.2, -0.15) is 13.2 Å². The maximum absolute atomic E-state index is 12.4. The van der Waals surface area contributed by atoms with Crippen LogP contribution in [0.3, 0.4) is 0 Å². The normalized spacial score (nSPS) is 20.0. The highest BCUT2D eigenvalue weighted by Gasteiger charge is 2.33. The van der Waals surface area contributed by atoms with E-state index in [1.807, 2.05) is 0 Å². The number of hydrogen-bond acceptors (Lipinski definition) is 4. The van der Waals surface area contributed by atoms with Crippen molar-refractivity contribution in [3.8, 4) is 5.75 Å². The van der Waals surface area contributed by atoms with Crippen LogP contribution in [-0.2, 0) is 0 Å². The number of nitrogens with one attached hydrogen (secondary N) is 1. The summed E-state index contributed by atoms with van der Waals surface area (Å²) in [6, 6.07) is 1.34. The number of carbonyl (C=O) groups is 1. The van der Waals surface area contributed by atoms with Crippen molar-refractivity contribution in [3.63, 3.8) is 0 Å². The molecule has 0 unspecified atom stereocenters. The maximum atomic E-state index is 12.4. The van der Waals surface area contributed by atoms with E-state index in [0.29, 0.717) is 33.8 Å². The molecule has 1 N–H and O–H groups in total. The van der Waals surface area contributed by atoms with Crippen molar-refractivity contribution in [1.29, 1.82) is 0 Å². The molecule has 0 spiro atoms. The van der Waals surface area contributed by atoms with E-state index in [-0.39, 0.29) is 18.5 Å². The molecule has 9 heteroatoms. The van der Waals surface area contributed by atoms with Crippen LogP contribution in [0.5, 0.6) is 5.75 Å². The van der Waals surface area contributed by atoms with Crippen molar-refractivity contribution in [3.05, 3.63) is 14.7 Å². The van der Waals surface area contributed by atoms with Crippen LogP contribution >= 0.6 is 27.3 Å². The molecular formula is C13H16BrF3N2O2S. The molecule has 4 nitrogen and oxygen atoms in total. The Kier molecular flexibility index (Phi) is 5.73. The van der Waals surface area contributed by atoms with Crippen LogP contribution in [0.2, 0.25) is 0 Å². The van der Waals surface area contributed by atoms with E-state index in [1.54, 1.807) is 6.07 Å². The van der Waals surface area contributed by atoms with E-state index >= 15 is 0 Å². The van der Waals surface area contributed by atoms with Crippen molar-refractivity contribution >= 4 is 33.2 Å². The number of ether oxygens (including phenoxy) is 1. The van der Waals surface area contributed by atoms with Crippen molar-refractivity contribution in [2.75, 3.05) is 26.7 Å². The first-order valence-electron chi connectivity index (χ1n) is 6.72. The molecular weight excluding hydrogens is 385 g/mol. The Labute approximate surface area is 138 Å². The summed E-state index contributed by atoms with van der Waals surface area (Å²) >= 11 is 4.53. The zero-order chi connectivity index (χ0) is 16.3. The first-order valence-corrected chi connectivity index (χ1v) is 8.32. The van der Waals surface area contributed by atoms with Crippen molar-refractivity contribution in [2.45, 2.75) is 25.1 Å². The largest absolute Gasteiger partial charge is 0.495 e. The molecule has 0 saturated carbocycles. The molecule has 1 aliphatic heterocycles. The highest BCUT2D eigenvalue weighted by Crippen LogP contribution is 2.34. The van der Waals surface area contributed by atoms with Gasteiger partial charge in [0, 0.05) is 18.7 Å². The Bertz CT molecular complexity index is 536. The van der Waals surface area contributed by atoms with Crippen LogP contribution in [0.25, 0.3) is 0 Å². The van der Waals surface area contributed by atoms with Crippen LogP contribution in [0.4, 0.5) is 13.2 Å². The summed E-state index contributed by atoms with van der Waals surface area (Å²) in [6.07, 6.45) is -2.89. The Balaban J connectivity index is 1.93. The number of nitrogens with zero attached hydrogens (tertiary/aromatic N) is 1. The first kappa shape index (κ1) is 17.6. The Morgan fingerprint density at radius 3 is 2.91 bits per heavy atom. The number of halogens is 4. The molecule has 1 aromatic heterocycles. The third kappa shape index (κ3) is 4.85. The molecule has 1 fully saturated rings. The third-order valence-electron chi connectivity index (χ3n) is 3.34. The molecule has 1 amide bonds. The fraction of sp³-hybridized carbons (Fsp3) is 0.615. The summed E-state index contributed by atoms with van der Waals surface area (Å²) in [7, 11) is 1.50. The minimum atomic E-state index is -4.21. The number of likely N-dealkylation sites (tertiary alicyclic amines) is 1. The smallest absolute Gasteiger partial charge is 0.401 e. The lowest BCUT2D eigenvalue weighted by Gasteiger charge is -2.33. The highest BCUT2D eigenvalue weighted by atomic mass is 79.9. The van der Waals surface area contributed by atoms with Crippen LogP contribution in [0.1, 0.15) is 22.5 Å². The number of amides is 1. The molecule has 0 radical (unpaired) electrons. The fourth-order valence-corrected chi connectivity index (χ4v) is 3.98. The van der Waals surface area contributed by atoms with Gasteiger partial charge in [0.2, 0.25) is 0 Å². The zero-order valence-electron chi connectivity index (χ0n) is 11.9. The number of carbonyl (C=O) groups excluding carboxylic acids is 1. The predicted octanol–water partition coefficient (Wildman–Crippen LogP) is 3.28. The van der Waals surface area contributed by atoms with Gasteiger partial charge in [-0.3, -0.25) is 9.69 Å². The molecule has 1 atom stereocenters. The second-order valence-electron chi connectivity index (χ2n) is 5.12. The predicted molar refractivity (Wildman–Crippen MR) is 81.6 cm³/mol. The van der Waals surface area contributed by atoms with Crippen LogP contribution in [-0.4, -0.2) is 49.8 Å². The molecule has 0 aromatic carbocycles. The number of thiophene rings is 1. The lowest BCUT2D eigenvalue weighted by Crippen LogP contribution is -2.49. The second-order valence-corrected chi connectivity index (χ2v) is 7.49. The van der Waals surface area contributed by atoms with Gasteiger partial charge in [-0.15, -0.1) is 11.3 Å². The summed E-state index contributed by atoms with van der Waals surface area (Å²) in [4.78, 5) is 14.0. The van der Waals surface area contributed by atoms with E-state index < -0.39 is 12.7 Å². The van der Waals surface area contributed by atoms with E-state index in [0.717, 1.165) is 0 Å². The summed E-state index contributed by atoms with van der Waals surface area (Å²) in [5.74, 6) is 0.283. The number of alkyl halides is 3. The lowest BCUT2D eigenvalue weighted by atomic mass is 10.1. The van der Waals surface area contributed by atoms with Gasteiger partial charge >= 0.3 is 6.18 Å². The van der Waals surface area contributed by atoms with Gasteiger partial charge < -0.3 is 10.1 Å². The summed E-state index contributed by atoms with van der Waals surface area (Å²) in [5.41, 5.74) is 0. The molecule has 22 heavy (non-hydrogen) atoms. The van der Waals surface area contributed by atoms with Gasteiger partial charge in [0.05, 0.1) is 18.5 Å². The third-order valence-corrected chi connectivity index (χ3v) is 5.12. The SMILES string of the molecule is COc1cc(C(=O)N[C@H]2CCCN(CC(F)(F)F)C2)sc1Br. The topological polar surface area (TPSA) is 41.6 Å². The number of rotatable bonds is 4. The second kappa shape index (κ2) is 7.18. The minimum Gasteiger partial charge on any atom is -0.495 e. The van der Waals surface area contributed by atoms with Crippen molar-refractivity contribution in [1.82, 2.24) is 10.2 Å². The lowest BCUT2D eigenvalue weighted by molar-refractivity contribution is -0.148. The quantitative estimate of drug-likeness (QED) is 0.842. The summed E-state index contributed by atoms with van der Waals surface area (Å²) < 4.78 is 43.1. The van der Waals surface area contributed by atoms with E-state index in [4.69, 9.17) is 4.74 Å². The molecule has 1 saturated heterocycles. The van der Waals surface area contributed by atoms with Crippen molar-refractivity contribution < 1.29 is 22.7 Å². The van der Waals surface area contributed by atoms with Gasteiger partial charge in [0.25, 0.3) is 5.91 Å². The molecule has 124 valence electrons. The molecule has 2 heterocycles. The summed E-state index contributed by atoms with van der Waals surface area (Å²) in [5, 5.41) is 2.80. The van der Waals surface area contributed by atoms with Crippen molar-refractivity contribution in [2.24, 2.45) is 0 Å². The average molecular weight is 401 g/mol. The Morgan fingerprint density at radius 1 is 1.59 bits per heavy atom. The van der Waals surface area contributed by atoms with Gasteiger partial charge in [-0.1, -0.05) is 0 Å². The highest BCUT2D eigenvalue weighted by molar-refractivity contribution is 9.11. The number of hydrogen-bond donors (Lipinski definition) is 1. The van der Waals surface area contributed by atoms with E-state index in [9.17, 15) is 18.0 Å². The fourth-order valence-electron chi connectivity index (χ4n) is 2.43. The average Bonchev–Trinajstić information content (AvgIpc) is 2.78.